The number of para-hydroxylation sites is 1. The van der Waals surface area contributed by atoms with Crippen LogP contribution in [0.15, 0.2) is 77.2 Å². The summed E-state index contributed by atoms with van der Waals surface area (Å²) in [5.41, 5.74) is 6.21. The number of aromatic hydroxyl groups is 1. The fourth-order valence-electron chi connectivity index (χ4n) is 3.06. The lowest BCUT2D eigenvalue weighted by atomic mass is 10.1. The van der Waals surface area contributed by atoms with E-state index < -0.39 is 0 Å². The van der Waals surface area contributed by atoms with E-state index in [2.05, 4.69) is 20.8 Å². The van der Waals surface area contributed by atoms with Gasteiger partial charge in [-0.05, 0) is 48.9 Å². The number of hydrogen-bond acceptors (Lipinski definition) is 7. The van der Waals surface area contributed by atoms with Crippen molar-refractivity contribution in [3.63, 3.8) is 0 Å². The molecule has 0 aliphatic rings. The molecule has 4 rings (SSSR count). The van der Waals surface area contributed by atoms with Crippen LogP contribution in [0, 0.1) is 0 Å². The van der Waals surface area contributed by atoms with Gasteiger partial charge in [-0.15, -0.1) is 11.3 Å². The van der Waals surface area contributed by atoms with Crippen LogP contribution in [0.5, 0.6) is 11.5 Å². The fourth-order valence-corrected chi connectivity index (χ4v) is 4.02. The number of phenols is 1. The minimum absolute atomic E-state index is 0.132. The smallest absolute Gasteiger partial charge is 0.271 e. The summed E-state index contributed by atoms with van der Waals surface area (Å²) in [6.07, 6.45) is 1.43. The van der Waals surface area contributed by atoms with Crippen LogP contribution in [-0.2, 0) is 0 Å². The lowest BCUT2D eigenvalue weighted by Gasteiger charge is -2.08. The van der Waals surface area contributed by atoms with Gasteiger partial charge in [0.15, 0.2) is 16.6 Å². The lowest BCUT2D eigenvalue weighted by molar-refractivity contribution is 0.0955. The highest BCUT2D eigenvalue weighted by Gasteiger charge is 2.10. The molecule has 0 bridgehead atoms. The minimum Gasteiger partial charge on any atom is -0.503 e. The number of carbonyl (C=O) groups excluding carboxylic acids is 1. The average molecular weight is 493 g/mol. The van der Waals surface area contributed by atoms with Crippen molar-refractivity contribution < 1.29 is 14.6 Å². The third kappa shape index (κ3) is 5.72. The molecule has 0 saturated heterocycles. The van der Waals surface area contributed by atoms with Gasteiger partial charge >= 0.3 is 0 Å². The first-order chi connectivity index (χ1) is 16.5. The van der Waals surface area contributed by atoms with Crippen LogP contribution < -0.4 is 15.5 Å². The van der Waals surface area contributed by atoms with E-state index in [9.17, 15) is 9.90 Å². The molecule has 0 atom stereocenters. The number of halogens is 1. The molecule has 172 valence electrons. The Balaban J connectivity index is 1.38. The summed E-state index contributed by atoms with van der Waals surface area (Å²) >= 11 is 7.52. The molecule has 1 amide bonds. The molecule has 3 N–H and O–H groups in total. The van der Waals surface area contributed by atoms with E-state index in [1.54, 1.807) is 25.1 Å². The predicted molar refractivity (Wildman–Crippen MR) is 137 cm³/mol. The molecular weight excluding hydrogens is 472 g/mol. The van der Waals surface area contributed by atoms with E-state index in [0.29, 0.717) is 17.7 Å². The van der Waals surface area contributed by atoms with Crippen LogP contribution in [0.1, 0.15) is 22.8 Å². The number of ether oxygens (including phenoxy) is 1. The van der Waals surface area contributed by atoms with Crippen molar-refractivity contribution in [2.75, 3.05) is 11.9 Å². The summed E-state index contributed by atoms with van der Waals surface area (Å²) < 4.78 is 5.34. The normalized spacial score (nSPS) is 10.9. The van der Waals surface area contributed by atoms with Crippen molar-refractivity contribution in [2.24, 2.45) is 5.10 Å². The Kier molecular flexibility index (Phi) is 7.41. The standard InChI is InChI=1S/C25H21ClN4O3S/c1-2-33-22-13-16(12-20(26)23(22)31)14-27-30-24(32)18-10-8-17(9-11-18)21-15-34-25(29-21)28-19-6-4-3-5-7-19/h3-15,31H,2H2,1H3,(H,28,29)(H,30,32)/b27-14-. The molecule has 34 heavy (non-hydrogen) atoms. The summed E-state index contributed by atoms with van der Waals surface area (Å²) in [7, 11) is 0. The molecule has 0 radical (unpaired) electrons. The average Bonchev–Trinajstić information content (AvgIpc) is 3.31. The molecule has 0 spiro atoms. The lowest BCUT2D eigenvalue weighted by Crippen LogP contribution is -2.17. The number of phenolic OH excluding ortho intramolecular Hbond substituents is 1. The maximum atomic E-state index is 12.4. The van der Waals surface area contributed by atoms with Crippen molar-refractivity contribution in [2.45, 2.75) is 6.92 Å². The first kappa shape index (κ1) is 23.3. The Hall–Kier alpha value is -3.88. The van der Waals surface area contributed by atoms with Gasteiger partial charge in [-0.1, -0.05) is 41.9 Å². The van der Waals surface area contributed by atoms with E-state index >= 15 is 0 Å². The number of rotatable bonds is 8. The zero-order valence-electron chi connectivity index (χ0n) is 18.2. The van der Waals surface area contributed by atoms with E-state index in [1.165, 1.54) is 23.6 Å². The third-order valence-electron chi connectivity index (χ3n) is 4.70. The van der Waals surface area contributed by atoms with Crippen molar-refractivity contribution in [1.82, 2.24) is 10.4 Å². The SMILES string of the molecule is CCOc1cc(/C=N\NC(=O)c2ccc(-c3csc(Nc4ccccc4)n3)cc2)cc(Cl)c1O. The number of amides is 1. The van der Waals surface area contributed by atoms with Crippen LogP contribution >= 0.6 is 22.9 Å². The van der Waals surface area contributed by atoms with Gasteiger partial charge in [0.2, 0.25) is 0 Å². The highest BCUT2D eigenvalue weighted by Crippen LogP contribution is 2.34. The maximum absolute atomic E-state index is 12.4. The molecule has 7 nitrogen and oxygen atoms in total. The van der Waals surface area contributed by atoms with Gasteiger partial charge in [0.05, 0.1) is 23.5 Å². The molecule has 0 aliphatic carbocycles. The summed E-state index contributed by atoms with van der Waals surface area (Å²) in [6, 6.07) is 20.1. The van der Waals surface area contributed by atoms with Gasteiger partial charge in [-0.3, -0.25) is 4.79 Å². The number of hydrogen-bond donors (Lipinski definition) is 3. The van der Waals surface area contributed by atoms with Crippen molar-refractivity contribution >= 4 is 45.9 Å². The number of anilines is 2. The summed E-state index contributed by atoms with van der Waals surface area (Å²) in [5.74, 6) is -0.238. The Morgan fingerprint density at radius 3 is 2.68 bits per heavy atom. The first-order valence-electron chi connectivity index (χ1n) is 10.4. The summed E-state index contributed by atoms with van der Waals surface area (Å²) in [5, 5.41) is 20.0. The van der Waals surface area contributed by atoms with Gasteiger partial charge < -0.3 is 15.2 Å². The predicted octanol–water partition coefficient (Wildman–Crippen LogP) is 6.08. The number of carbonyl (C=O) groups is 1. The zero-order valence-corrected chi connectivity index (χ0v) is 19.7. The van der Waals surface area contributed by atoms with Crippen molar-refractivity contribution in [1.29, 1.82) is 0 Å². The second-order valence-corrected chi connectivity index (χ2v) is 8.35. The van der Waals surface area contributed by atoms with Crippen LogP contribution in [-0.4, -0.2) is 28.8 Å². The summed E-state index contributed by atoms with van der Waals surface area (Å²) in [4.78, 5) is 17.1. The van der Waals surface area contributed by atoms with Crippen molar-refractivity contribution in [3.8, 4) is 22.8 Å². The molecule has 3 aromatic carbocycles. The van der Waals surface area contributed by atoms with Gasteiger partial charge in [-0.25, -0.2) is 10.4 Å². The van der Waals surface area contributed by atoms with E-state index in [4.69, 9.17) is 16.3 Å². The Morgan fingerprint density at radius 1 is 1.18 bits per heavy atom. The molecule has 1 heterocycles. The highest BCUT2D eigenvalue weighted by atomic mass is 35.5. The Morgan fingerprint density at radius 2 is 1.94 bits per heavy atom. The molecule has 0 saturated carbocycles. The third-order valence-corrected chi connectivity index (χ3v) is 5.75. The van der Waals surface area contributed by atoms with Gasteiger partial charge in [0.25, 0.3) is 5.91 Å². The summed E-state index contributed by atoms with van der Waals surface area (Å²) in [6.45, 7) is 2.18. The fraction of sp³-hybridized carbons (Fsp3) is 0.0800. The van der Waals surface area contributed by atoms with Crippen LogP contribution in [0.3, 0.4) is 0 Å². The first-order valence-corrected chi connectivity index (χ1v) is 11.7. The number of benzene rings is 3. The molecule has 4 aromatic rings. The quantitative estimate of drug-likeness (QED) is 0.205. The molecule has 0 aliphatic heterocycles. The topological polar surface area (TPSA) is 95.8 Å². The number of nitrogens with zero attached hydrogens (tertiary/aromatic N) is 2. The maximum Gasteiger partial charge on any atom is 0.271 e. The Bertz CT molecular complexity index is 1310. The molecule has 0 unspecified atom stereocenters. The molecular formula is C25H21ClN4O3S. The van der Waals surface area contributed by atoms with Gasteiger partial charge in [0.1, 0.15) is 0 Å². The van der Waals surface area contributed by atoms with Gasteiger partial charge in [0, 0.05) is 22.2 Å². The van der Waals surface area contributed by atoms with E-state index in [-0.39, 0.29) is 22.4 Å². The molecule has 0 fully saturated rings. The van der Waals surface area contributed by atoms with E-state index in [1.807, 2.05) is 47.8 Å². The highest BCUT2D eigenvalue weighted by molar-refractivity contribution is 7.14. The zero-order chi connectivity index (χ0) is 23.9. The van der Waals surface area contributed by atoms with Gasteiger partial charge in [-0.2, -0.15) is 5.10 Å². The van der Waals surface area contributed by atoms with Crippen LogP contribution in [0.4, 0.5) is 10.8 Å². The molecule has 1 aromatic heterocycles. The molecule has 9 heteroatoms. The number of thiazole rings is 1. The monoisotopic (exact) mass is 492 g/mol. The van der Waals surface area contributed by atoms with Crippen LogP contribution in [0.25, 0.3) is 11.3 Å². The minimum atomic E-state index is -0.359. The largest absolute Gasteiger partial charge is 0.503 e. The number of hydrazone groups is 1. The number of aromatic nitrogens is 1. The Labute approximate surface area is 205 Å². The second kappa shape index (κ2) is 10.8. The van der Waals surface area contributed by atoms with Crippen LogP contribution in [0.2, 0.25) is 5.02 Å². The second-order valence-electron chi connectivity index (χ2n) is 7.09. The number of nitrogens with one attached hydrogen (secondary N) is 2. The van der Waals surface area contributed by atoms with E-state index in [0.717, 1.165) is 22.1 Å². The van der Waals surface area contributed by atoms with Crippen molar-refractivity contribution in [3.05, 3.63) is 88.3 Å².